The molecule has 3 atom stereocenters. The number of alkyl halides is 2. The summed E-state index contributed by atoms with van der Waals surface area (Å²) in [5.74, 6) is -4.45. The number of hydrogen-bond donors (Lipinski definition) is 1. The van der Waals surface area contributed by atoms with Gasteiger partial charge in [-0.2, -0.15) is 0 Å². The van der Waals surface area contributed by atoms with E-state index in [1.807, 2.05) is 0 Å². The average molecular weight is 529 g/mol. The van der Waals surface area contributed by atoms with Gasteiger partial charge in [-0.15, -0.1) is 10.2 Å². The second-order valence-corrected chi connectivity index (χ2v) is 10.6. The highest BCUT2D eigenvalue weighted by Gasteiger charge is 2.60. The number of ether oxygens (including phenoxy) is 2. The first-order valence-electron chi connectivity index (χ1n) is 10.5. The highest BCUT2D eigenvalue weighted by Crippen LogP contribution is 2.56. The van der Waals surface area contributed by atoms with Crippen LogP contribution in [0.1, 0.15) is 43.8 Å². The minimum absolute atomic E-state index is 0.114. The Bertz CT molecular complexity index is 1310. The highest BCUT2D eigenvalue weighted by molar-refractivity contribution is 7.93. The number of anilines is 1. The van der Waals surface area contributed by atoms with Gasteiger partial charge in [-0.25, -0.2) is 27.2 Å². The molecule has 1 aliphatic rings. The lowest BCUT2D eigenvalue weighted by Gasteiger charge is -2.21. The van der Waals surface area contributed by atoms with E-state index in [0.29, 0.717) is 5.02 Å². The molecule has 188 valence electrons. The Balaban J connectivity index is 1.77. The van der Waals surface area contributed by atoms with Gasteiger partial charge in [0.2, 0.25) is 16.0 Å². The van der Waals surface area contributed by atoms with Crippen LogP contribution < -0.4 is 14.2 Å². The molecule has 0 aliphatic heterocycles. The fourth-order valence-electron chi connectivity index (χ4n) is 3.61. The molecule has 1 saturated carbocycles. The Morgan fingerprint density at radius 2 is 1.71 bits per heavy atom. The summed E-state index contributed by atoms with van der Waals surface area (Å²) in [7, 11) is -1.32. The van der Waals surface area contributed by atoms with E-state index >= 15 is 0 Å². The van der Waals surface area contributed by atoms with Gasteiger partial charge in [-0.3, -0.25) is 9.29 Å². The van der Waals surface area contributed by atoms with Crippen LogP contribution in [0, 0.1) is 0 Å². The topological polar surface area (TPSA) is 121 Å². The first-order chi connectivity index (χ1) is 16.5. The van der Waals surface area contributed by atoms with Crippen LogP contribution in [0.15, 0.2) is 30.6 Å². The zero-order valence-electron chi connectivity index (χ0n) is 19.2. The van der Waals surface area contributed by atoms with Crippen molar-refractivity contribution in [3.8, 4) is 17.2 Å². The monoisotopic (exact) mass is 528 g/mol. The Morgan fingerprint density at radius 3 is 2.23 bits per heavy atom. The number of nitrogens with one attached hydrogen (secondary N) is 1. The number of aromatic nitrogens is 5. The maximum atomic E-state index is 14.0. The molecule has 14 heteroatoms. The van der Waals surface area contributed by atoms with Gasteiger partial charge in [0, 0.05) is 24.7 Å². The van der Waals surface area contributed by atoms with Crippen LogP contribution >= 0.6 is 11.6 Å². The molecule has 0 amide bonds. The molecule has 1 fully saturated rings. The van der Waals surface area contributed by atoms with Gasteiger partial charge in [0.05, 0.1) is 30.4 Å². The maximum absolute atomic E-state index is 14.0. The summed E-state index contributed by atoms with van der Waals surface area (Å²) < 4.78 is 69.1. The van der Waals surface area contributed by atoms with Gasteiger partial charge in [-0.1, -0.05) is 24.6 Å². The Labute approximate surface area is 205 Å². The van der Waals surface area contributed by atoms with Crippen LogP contribution in [-0.2, 0) is 10.0 Å². The van der Waals surface area contributed by atoms with Crippen LogP contribution in [0.4, 0.5) is 14.7 Å². The van der Waals surface area contributed by atoms with Crippen molar-refractivity contribution < 1.29 is 26.7 Å². The summed E-state index contributed by atoms with van der Waals surface area (Å²) in [6.07, 6.45) is 2.32. The quantitative estimate of drug-likeness (QED) is 0.445. The minimum atomic E-state index is -4.12. The summed E-state index contributed by atoms with van der Waals surface area (Å²) in [5.41, 5.74) is 0.194. The summed E-state index contributed by atoms with van der Waals surface area (Å²) in [6.45, 7) is 3.13. The molecule has 0 bridgehead atoms. The van der Waals surface area contributed by atoms with Crippen LogP contribution in [0.25, 0.3) is 5.69 Å². The van der Waals surface area contributed by atoms with Crippen LogP contribution in [0.3, 0.4) is 0 Å². The lowest BCUT2D eigenvalue weighted by molar-refractivity contribution is 0.110. The van der Waals surface area contributed by atoms with Gasteiger partial charge in [-0.05, 0) is 19.1 Å². The van der Waals surface area contributed by atoms with E-state index in [1.54, 1.807) is 25.1 Å². The second-order valence-electron chi connectivity index (χ2n) is 8.15. The average Bonchev–Trinajstić information content (AvgIpc) is 3.28. The van der Waals surface area contributed by atoms with Crippen molar-refractivity contribution in [2.45, 2.75) is 43.3 Å². The summed E-state index contributed by atoms with van der Waals surface area (Å²) in [4.78, 5) is 8.19. The number of benzene rings is 1. The minimum Gasteiger partial charge on any atom is -0.494 e. The predicted octanol–water partition coefficient (Wildman–Crippen LogP) is 3.78. The van der Waals surface area contributed by atoms with E-state index in [9.17, 15) is 17.2 Å². The largest absolute Gasteiger partial charge is 0.494 e. The van der Waals surface area contributed by atoms with E-state index < -0.39 is 39.5 Å². The van der Waals surface area contributed by atoms with Crippen molar-refractivity contribution in [3.63, 3.8) is 0 Å². The van der Waals surface area contributed by atoms with Crippen LogP contribution in [0.5, 0.6) is 11.5 Å². The van der Waals surface area contributed by atoms with E-state index in [2.05, 4.69) is 24.9 Å². The molecule has 1 N–H and O–H groups in total. The van der Waals surface area contributed by atoms with Gasteiger partial charge >= 0.3 is 0 Å². The van der Waals surface area contributed by atoms with E-state index in [4.69, 9.17) is 21.1 Å². The Kier molecular flexibility index (Phi) is 6.58. The van der Waals surface area contributed by atoms with Crippen LogP contribution in [0.2, 0.25) is 5.02 Å². The Hall–Kier alpha value is -3.06. The summed E-state index contributed by atoms with van der Waals surface area (Å²) >= 11 is 5.82. The van der Waals surface area contributed by atoms with E-state index in [-0.39, 0.29) is 34.8 Å². The van der Waals surface area contributed by atoms with Gasteiger partial charge < -0.3 is 9.47 Å². The Morgan fingerprint density at radius 1 is 1.14 bits per heavy atom. The molecule has 2 unspecified atom stereocenters. The summed E-state index contributed by atoms with van der Waals surface area (Å²) in [5, 5.41) is 7.11. The predicted molar refractivity (Wildman–Crippen MR) is 124 cm³/mol. The number of sulfonamides is 1. The molecule has 0 radical (unpaired) electrons. The van der Waals surface area contributed by atoms with Gasteiger partial charge in [0.25, 0.3) is 5.92 Å². The molecule has 1 aromatic carbocycles. The first-order valence-corrected chi connectivity index (χ1v) is 12.5. The third-order valence-corrected chi connectivity index (χ3v) is 7.98. The summed E-state index contributed by atoms with van der Waals surface area (Å²) in [6, 6.07) is 4.83. The normalized spacial score (nSPS) is 18.5. The van der Waals surface area contributed by atoms with Crippen molar-refractivity contribution in [3.05, 3.63) is 47.3 Å². The molecular weight excluding hydrogens is 506 g/mol. The fourth-order valence-corrected chi connectivity index (χ4v) is 4.94. The van der Waals surface area contributed by atoms with Crippen molar-refractivity contribution in [1.82, 2.24) is 24.7 Å². The molecule has 2 aromatic heterocycles. The van der Waals surface area contributed by atoms with Gasteiger partial charge in [0.1, 0.15) is 28.8 Å². The molecule has 4 rings (SSSR count). The van der Waals surface area contributed by atoms with Crippen LogP contribution in [-0.4, -0.2) is 58.5 Å². The number of methoxy groups -OCH3 is 2. The molecule has 1 aliphatic carbocycles. The van der Waals surface area contributed by atoms with Crippen molar-refractivity contribution in [2.24, 2.45) is 0 Å². The highest BCUT2D eigenvalue weighted by atomic mass is 35.5. The maximum Gasteiger partial charge on any atom is 0.259 e. The second kappa shape index (κ2) is 9.19. The molecule has 10 nitrogen and oxygen atoms in total. The van der Waals surface area contributed by atoms with Crippen molar-refractivity contribution >= 4 is 27.6 Å². The number of halogens is 3. The smallest absolute Gasteiger partial charge is 0.259 e. The SMILES string of the molecule is COc1cccc(OC)c1-n1c(NS(=O)(=O)C(C)C(C)c2ncc(Cl)cn2)nnc1[C@H]1CC1(F)F. The third kappa shape index (κ3) is 4.74. The lowest BCUT2D eigenvalue weighted by atomic mass is 10.1. The van der Waals surface area contributed by atoms with Crippen molar-refractivity contribution in [1.29, 1.82) is 0 Å². The lowest BCUT2D eigenvalue weighted by Crippen LogP contribution is -2.31. The van der Waals surface area contributed by atoms with Gasteiger partial charge in [0.15, 0.2) is 0 Å². The molecule has 3 aromatic rings. The molecule has 0 saturated heterocycles. The first kappa shape index (κ1) is 25.0. The number of rotatable bonds is 9. The van der Waals surface area contributed by atoms with E-state index in [1.165, 1.54) is 38.1 Å². The standard InChI is InChI=1S/C21H23ClF2N6O4S/c1-11(18-25-9-13(22)10-26-18)12(2)35(31,32)29-20-28-27-19(14-8-21(14,23)24)30(20)17-15(33-3)6-5-7-16(17)34-4/h5-7,9-12,14H,8H2,1-4H3,(H,28,29)/t11?,12?,14-/m1/s1. The zero-order chi connectivity index (χ0) is 25.5. The number of nitrogens with zero attached hydrogens (tertiary/aromatic N) is 5. The molecule has 35 heavy (non-hydrogen) atoms. The molecule has 2 heterocycles. The van der Waals surface area contributed by atoms with Crippen molar-refractivity contribution in [2.75, 3.05) is 18.9 Å². The molecule has 0 spiro atoms. The number of para-hydroxylation sites is 1. The van der Waals surface area contributed by atoms with E-state index in [0.717, 1.165) is 0 Å². The number of hydrogen-bond acceptors (Lipinski definition) is 8. The third-order valence-electron chi connectivity index (χ3n) is 5.93. The molecular formula is C21H23ClF2N6O4S. The fraction of sp³-hybridized carbons (Fsp3) is 0.429. The zero-order valence-corrected chi connectivity index (χ0v) is 20.8.